The third kappa shape index (κ3) is 5.75. The average molecular weight is 221 g/mol. The van der Waals surface area contributed by atoms with Crippen LogP contribution >= 0.6 is 0 Å². The first kappa shape index (κ1) is 12.5. The molecule has 0 saturated heterocycles. The molecule has 1 nitrogen and oxygen atoms in total. The molecule has 0 aromatic heterocycles. The molecule has 15 heavy (non-hydrogen) atoms. The third-order valence-corrected chi connectivity index (χ3v) is 4.30. The van der Waals surface area contributed by atoms with Crippen LogP contribution in [-0.4, -0.2) is 15.6 Å². The Hall–Kier alpha value is -0.603. The molecule has 0 atom stereocenters. The minimum atomic E-state index is -0.494. The van der Waals surface area contributed by atoms with E-state index >= 15 is 0 Å². The van der Waals surface area contributed by atoms with Crippen molar-refractivity contribution >= 4 is 9.04 Å². The summed E-state index contributed by atoms with van der Waals surface area (Å²) in [6.07, 6.45) is 3.54. The lowest BCUT2D eigenvalue weighted by atomic mass is 10.1. The lowest BCUT2D eigenvalue weighted by Crippen LogP contribution is -2.13. The van der Waals surface area contributed by atoms with Crippen LogP contribution in [0, 0.1) is 0 Å². The fourth-order valence-electron chi connectivity index (χ4n) is 1.59. The Morgan fingerprint density at radius 3 is 2.60 bits per heavy atom. The SMILES string of the molecule is CCC[Si](C)OCCCc1ccccc1. The van der Waals surface area contributed by atoms with Crippen molar-refractivity contribution in [2.45, 2.75) is 38.8 Å². The largest absolute Gasteiger partial charge is 0.417 e. The molecule has 0 N–H and O–H groups in total. The van der Waals surface area contributed by atoms with Crippen LogP contribution in [0.5, 0.6) is 0 Å². The smallest absolute Gasteiger partial charge is 0.208 e. The molecule has 1 rings (SSSR count). The molecule has 1 radical (unpaired) electrons. The van der Waals surface area contributed by atoms with Crippen LogP contribution in [0.2, 0.25) is 12.6 Å². The van der Waals surface area contributed by atoms with Crippen molar-refractivity contribution in [3.63, 3.8) is 0 Å². The molecule has 2 heteroatoms. The third-order valence-electron chi connectivity index (χ3n) is 2.40. The molecule has 0 saturated carbocycles. The predicted molar refractivity (Wildman–Crippen MR) is 67.4 cm³/mol. The van der Waals surface area contributed by atoms with E-state index in [4.69, 9.17) is 4.43 Å². The van der Waals surface area contributed by atoms with Crippen LogP contribution in [0.4, 0.5) is 0 Å². The van der Waals surface area contributed by atoms with Crippen molar-refractivity contribution in [1.29, 1.82) is 0 Å². The first-order valence-corrected chi connectivity index (χ1v) is 7.93. The van der Waals surface area contributed by atoms with Gasteiger partial charge < -0.3 is 4.43 Å². The molecule has 0 spiro atoms. The molecule has 0 fully saturated rings. The van der Waals surface area contributed by atoms with Gasteiger partial charge in [-0.05, 0) is 31.0 Å². The van der Waals surface area contributed by atoms with Gasteiger partial charge in [0.2, 0.25) is 9.04 Å². The van der Waals surface area contributed by atoms with Gasteiger partial charge >= 0.3 is 0 Å². The summed E-state index contributed by atoms with van der Waals surface area (Å²) in [6, 6.07) is 11.9. The second kappa shape index (κ2) is 7.66. The van der Waals surface area contributed by atoms with Crippen LogP contribution in [-0.2, 0) is 10.8 Å². The van der Waals surface area contributed by atoms with Crippen molar-refractivity contribution < 1.29 is 4.43 Å². The van der Waals surface area contributed by atoms with Crippen LogP contribution in [0.25, 0.3) is 0 Å². The van der Waals surface area contributed by atoms with Gasteiger partial charge in [0.1, 0.15) is 0 Å². The molecule has 0 aliphatic rings. The highest BCUT2D eigenvalue weighted by atomic mass is 28.3. The van der Waals surface area contributed by atoms with Gasteiger partial charge in [-0.3, -0.25) is 0 Å². The van der Waals surface area contributed by atoms with Gasteiger partial charge in [-0.25, -0.2) is 0 Å². The molecule has 0 amide bonds. The summed E-state index contributed by atoms with van der Waals surface area (Å²) in [5.74, 6) is 0. The van der Waals surface area contributed by atoms with Crippen LogP contribution in [0.3, 0.4) is 0 Å². The van der Waals surface area contributed by atoms with E-state index in [9.17, 15) is 0 Å². The second-order valence-electron chi connectivity index (χ2n) is 3.89. The van der Waals surface area contributed by atoms with Crippen LogP contribution < -0.4 is 0 Å². The lowest BCUT2D eigenvalue weighted by molar-refractivity contribution is 0.315. The Morgan fingerprint density at radius 2 is 1.93 bits per heavy atom. The van der Waals surface area contributed by atoms with Crippen LogP contribution in [0.1, 0.15) is 25.3 Å². The summed E-state index contributed by atoms with van der Waals surface area (Å²) in [5.41, 5.74) is 1.42. The Morgan fingerprint density at radius 1 is 1.20 bits per heavy atom. The van der Waals surface area contributed by atoms with E-state index in [-0.39, 0.29) is 0 Å². The van der Waals surface area contributed by atoms with Gasteiger partial charge in [0, 0.05) is 6.61 Å². The Kier molecular flexibility index (Phi) is 6.36. The minimum absolute atomic E-state index is 0.494. The number of rotatable bonds is 7. The maximum atomic E-state index is 5.81. The number of benzene rings is 1. The molecule has 83 valence electrons. The Balaban J connectivity index is 2.07. The summed E-state index contributed by atoms with van der Waals surface area (Å²) >= 11 is 0. The van der Waals surface area contributed by atoms with E-state index in [0.29, 0.717) is 0 Å². The maximum Gasteiger partial charge on any atom is 0.208 e. The van der Waals surface area contributed by atoms with Crippen molar-refractivity contribution in [3.05, 3.63) is 35.9 Å². The van der Waals surface area contributed by atoms with Gasteiger partial charge in [0.05, 0.1) is 0 Å². The van der Waals surface area contributed by atoms with Crippen molar-refractivity contribution in [1.82, 2.24) is 0 Å². The molecule has 0 aliphatic heterocycles. The molecule has 1 aromatic carbocycles. The number of hydrogen-bond donors (Lipinski definition) is 0. The van der Waals surface area contributed by atoms with Crippen molar-refractivity contribution in [3.8, 4) is 0 Å². The maximum absolute atomic E-state index is 5.81. The zero-order valence-electron chi connectivity index (χ0n) is 9.83. The summed E-state index contributed by atoms with van der Waals surface area (Å²) in [5, 5.41) is 0. The molecular weight excluding hydrogens is 200 g/mol. The summed E-state index contributed by atoms with van der Waals surface area (Å²) in [6.45, 7) is 5.41. The lowest BCUT2D eigenvalue weighted by Gasteiger charge is -2.09. The highest BCUT2D eigenvalue weighted by Gasteiger charge is 2.03. The van der Waals surface area contributed by atoms with Crippen molar-refractivity contribution in [2.75, 3.05) is 6.61 Å². The van der Waals surface area contributed by atoms with Gasteiger partial charge in [-0.1, -0.05) is 43.7 Å². The molecule has 1 aromatic rings. The average Bonchev–Trinajstić information content (AvgIpc) is 2.26. The van der Waals surface area contributed by atoms with Crippen LogP contribution in [0.15, 0.2) is 30.3 Å². The fourth-order valence-corrected chi connectivity index (χ4v) is 2.93. The quantitative estimate of drug-likeness (QED) is 0.504. The predicted octanol–water partition coefficient (Wildman–Crippen LogP) is 3.67. The Bertz CT molecular complexity index is 248. The zero-order valence-corrected chi connectivity index (χ0v) is 10.8. The first-order chi connectivity index (χ1) is 7.33. The zero-order chi connectivity index (χ0) is 10.9. The second-order valence-corrected chi connectivity index (χ2v) is 6.08. The number of hydrogen-bond acceptors (Lipinski definition) is 1. The standard InChI is InChI=1S/C13H21OSi/c1-3-12-15(2)14-11-7-10-13-8-5-4-6-9-13/h4-6,8-9H,3,7,10-12H2,1-2H3. The highest BCUT2D eigenvalue weighted by molar-refractivity contribution is 6.50. The van der Waals surface area contributed by atoms with Gasteiger partial charge in [-0.15, -0.1) is 0 Å². The topological polar surface area (TPSA) is 9.23 Å². The molecule has 0 heterocycles. The normalized spacial score (nSPS) is 10.9. The van der Waals surface area contributed by atoms with Crippen molar-refractivity contribution in [2.24, 2.45) is 0 Å². The first-order valence-electron chi connectivity index (χ1n) is 5.82. The van der Waals surface area contributed by atoms with E-state index in [2.05, 4.69) is 43.8 Å². The summed E-state index contributed by atoms with van der Waals surface area (Å²) in [7, 11) is -0.494. The summed E-state index contributed by atoms with van der Waals surface area (Å²) < 4.78 is 5.81. The monoisotopic (exact) mass is 221 g/mol. The molecule has 0 bridgehead atoms. The molecule has 0 unspecified atom stereocenters. The Labute approximate surface area is 95.2 Å². The van der Waals surface area contributed by atoms with E-state index < -0.39 is 9.04 Å². The van der Waals surface area contributed by atoms with Gasteiger partial charge in [-0.2, -0.15) is 0 Å². The minimum Gasteiger partial charge on any atom is -0.417 e. The molecule has 0 aliphatic carbocycles. The summed E-state index contributed by atoms with van der Waals surface area (Å²) in [4.78, 5) is 0. The molecular formula is C13H21OSi. The highest BCUT2D eigenvalue weighted by Crippen LogP contribution is 2.04. The van der Waals surface area contributed by atoms with E-state index in [1.807, 2.05) is 0 Å². The van der Waals surface area contributed by atoms with E-state index in [1.54, 1.807) is 0 Å². The van der Waals surface area contributed by atoms with E-state index in [1.165, 1.54) is 18.0 Å². The number of aryl methyl sites for hydroxylation is 1. The van der Waals surface area contributed by atoms with E-state index in [0.717, 1.165) is 19.4 Å². The van der Waals surface area contributed by atoms with Gasteiger partial charge in [0.25, 0.3) is 0 Å². The van der Waals surface area contributed by atoms with Gasteiger partial charge in [0.15, 0.2) is 0 Å². The fraction of sp³-hybridized carbons (Fsp3) is 0.538.